The summed E-state index contributed by atoms with van der Waals surface area (Å²) in [6, 6.07) is 8.47. The first kappa shape index (κ1) is 20.4. The molecule has 0 aliphatic carbocycles. The number of H-pyrrole nitrogens is 1. The standard InChI is InChI=1S/C13H12N6O2.C2HF3O2/c1-14-12-5-4-11(19(20)21)13(17-12)16-9-2-3-10-8(6-9)7-15-18-10;3-2(4,5)1(6)7/h2-7H,1H3,(H,15,18)(H2,14,16,17);(H,6,7). The summed E-state index contributed by atoms with van der Waals surface area (Å²) in [5.41, 5.74) is 1.51. The largest absolute Gasteiger partial charge is 0.490 e. The molecule has 4 N–H and O–H groups in total. The third-order valence-corrected chi connectivity index (χ3v) is 3.27. The number of aromatic nitrogens is 3. The minimum atomic E-state index is -5.08. The number of carbonyl (C=O) groups is 1. The molecule has 0 aliphatic rings. The molecule has 13 heteroatoms. The Morgan fingerprint density at radius 3 is 2.54 bits per heavy atom. The van der Waals surface area contributed by atoms with E-state index >= 15 is 0 Å². The van der Waals surface area contributed by atoms with Crippen LogP contribution in [0, 0.1) is 10.1 Å². The van der Waals surface area contributed by atoms with Gasteiger partial charge in [0.2, 0.25) is 5.82 Å². The van der Waals surface area contributed by atoms with Gasteiger partial charge in [0.25, 0.3) is 0 Å². The second kappa shape index (κ2) is 8.20. The predicted octanol–water partition coefficient (Wildman–Crippen LogP) is 3.28. The van der Waals surface area contributed by atoms with Crippen molar-refractivity contribution in [3.8, 4) is 0 Å². The number of fused-ring (bicyclic) bond motifs is 1. The van der Waals surface area contributed by atoms with Crippen LogP contribution in [0.3, 0.4) is 0 Å². The van der Waals surface area contributed by atoms with E-state index in [0.717, 1.165) is 10.9 Å². The number of rotatable bonds is 4. The molecule has 148 valence electrons. The molecule has 0 atom stereocenters. The summed E-state index contributed by atoms with van der Waals surface area (Å²) in [6.45, 7) is 0. The van der Waals surface area contributed by atoms with Gasteiger partial charge < -0.3 is 15.7 Å². The van der Waals surface area contributed by atoms with Crippen LogP contribution in [0.1, 0.15) is 0 Å². The van der Waals surface area contributed by atoms with Crippen molar-refractivity contribution in [3.63, 3.8) is 0 Å². The molecule has 0 saturated heterocycles. The average molecular weight is 398 g/mol. The lowest BCUT2D eigenvalue weighted by Crippen LogP contribution is -2.21. The van der Waals surface area contributed by atoms with Crippen LogP contribution in [0.4, 0.5) is 36.2 Å². The summed E-state index contributed by atoms with van der Waals surface area (Å²) in [5.74, 6) is -2.02. The molecule has 2 aromatic heterocycles. The van der Waals surface area contributed by atoms with Crippen molar-refractivity contribution in [2.45, 2.75) is 6.18 Å². The van der Waals surface area contributed by atoms with Gasteiger partial charge in [0, 0.05) is 24.2 Å². The maximum atomic E-state index is 11.1. The number of halogens is 3. The van der Waals surface area contributed by atoms with Crippen LogP contribution in [-0.4, -0.2) is 44.4 Å². The molecule has 1 aromatic carbocycles. The molecule has 0 bridgehead atoms. The van der Waals surface area contributed by atoms with Gasteiger partial charge >= 0.3 is 17.8 Å². The Morgan fingerprint density at radius 1 is 1.29 bits per heavy atom. The van der Waals surface area contributed by atoms with Gasteiger partial charge in [-0.25, -0.2) is 9.78 Å². The molecule has 0 amide bonds. The van der Waals surface area contributed by atoms with E-state index in [9.17, 15) is 23.3 Å². The first-order chi connectivity index (χ1) is 13.1. The Balaban J connectivity index is 0.000000345. The lowest BCUT2D eigenvalue weighted by molar-refractivity contribution is -0.384. The molecule has 0 saturated carbocycles. The van der Waals surface area contributed by atoms with Crippen LogP contribution in [-0.2, 0) is 4.79 Å². The normalized spacial score (nSPS) is 10.7. The quantitative estimate of drug-likeness (QED) is 0.387. The highest BCUT2D eigenvalue weighted by Crippen LogP contribution is 2.28. The van der Waals surface area contributed by atoms with Crippen molar-refractivity contribution in [1.29, 1.82) is 0 Å². The van der Waals surface area contributed by atoms with Crippen LogP contribution in [0.5, 0.6) is 0 Å². The smallest absolute Gasteiger partial charge is 0.475 e. The van der Waals surface area contributed by atoms with Gasteiger partial charge in [0.15, 0.2) is 0 Å². The molecule has 10 nitrogen and oxygen atoms in total. The minimum absolute atomic E-state index is 0.0821. The number of nitro groups is 1. The van der Waals surface area contributed by atoms with Gasteiger partial charge in [-0.15, -0.1) is 0 Å². The summed E-state index contributed by atoms with van der Waals surface area (Å²) < 4.78 is 31.7. The second-order valence-corrected chi connectivity index (χ2v) is 5.17. The Morgan fingerprint density at radius 2 is 1.96 bits per heavy atom. The van der Waals surface area contributed by atoms with E-state index in [0.29, 0.717) is 11.5 Å². The highest BCUT2D eigenvalue weighted by molar-refractivity contribution is 5.83. The SMILES string of the molecule is CNc1ccc([N+](=O)[O-])c(Nc2ccc3[nH]ncc3c2)n1.O=C(O)C(F)(F)F. The van der Waals surface area contributed by atoms with E-state index < -0.39 is 17.1 Å². The second-order valence-electron chi connectivity index (χ2n) is 5.17. The van der Waals surface area contributed by atoms with E-state index in [1.54, 1.807) is 25.4 Å². The first-order valence-corrected chi connectivity index (χ1v) is 7.45. The fourth-order valence-electron chi connectivity index (χ4n) is 1.99. The van der Waals surface area contributed by atoms with Gasteiger partial charge in [-0.05, 0) is 24.3 Å². The number of nitrogens with one attached hydrogen (secondary N) is 3. The fourth-order valence-corrected chi connectivity index (χ4v) is 1.99. The molecule has 0 radical (unpaired) electrons. The number of pyridine rings is 1. The van der Waals surface area contributed by atoms with Gasteiger partial charge in [-0.2, -0.15) is 18.3 Å². The summed E-state index contributed by atoms with van der Waals surface area (Å²) in [6.07, 6.45) is -3.40. The number of alkyl halides is 3. The van der Waals surface area contributed by atoms with Gasteiger partial charge in [-0.3, -0.25) is 15.2 Å². The van der Waals surface area contributed by atoms with Crippen LogP contribution >= 0.6 is 0 Å². The summed E-state index contributed by atoms with van der Waals surface area (Å²) in [4.78, 5) is 23.7. The van der Waals surface area contributed by atoms with Crippen molar-refractivity contribution < 1.29 is 28.0 Å². The van der Waals surface area contributed by atoms with Crippen molar-refractivity contribution in [3.05, 3.63) is 46.6 Å². The van der Waals surface area contributed by atoms with Gasteiger partial charge in [-0.1, -0.05) is 0 Å². The maximum absolute atomic E-state index is 11.1. The highest BCUT2D eigenvalue weighted by atomic mass is 19.4. The number of carboxylic acids is 1. The van der Waals surface area contributed by atoms with Gasteiger partial charge in [0.1, 0.15) is 5.82 Å². The van der Waals surface area contributed by atoms with E-state index in [2.05, 4.69) is 25.8 Å². The maximum Gasteiger partial charge on any atom is 0.490 e. The van der Waals surface area contributed by atoms with Crippen LogP contribution in [0.15, 0.2) is 36.5 Å². The average Bonchev–Trinajstić information content (AvgIpc) is 3.09. The lowest BCUT2D eigenvalue weighted by atomic mass is 10.2. The minimum Gasteiger partial charge on any atom is -0.475 e. The number of hydrogen-bond donors (Lipinski definition) is 4. The fraction of sp³-hybridized carbons (Fsp3) is 0.133. The third-order valence-electron chi connectivity index (χ3n) is 3.27. The van der Waals surface area contributed by atoms with Crippen molar-refractivity contribution in [1.82, 2.24) is 15.2 Å². The summed E-state index contributed by atoms with van der Waals surface area (Å²) >= 11 is 0. The Labute approximate surface area is 154 Å². The Kier molecular flexibility index (Phi) is 5.98. The van der Waals surface area contributed by atoms with Crippen LogP contribution in [0.2, 0.25) is 0 Å². The molecule has 0 unspecified atom stereocenters. The van der Waals surface area contributed by atoms with E-state index in [1.165, 1.54) is 6.07 Å². The number of aliphatic carboxylic acids is 1. The number of carboxylic acid groups (broad SMARTS) is 1. The summed E-state index contributed by atoms with van der Waals surface area (Å²) in [7, 11) is 1.70. The molecular weight excluding hydrogens is 385 g/mol. The molecule has 0 spiro atoms. The van der Waals surface area contributed by atoms with Crippen LogP contribution < -0.4 is 10.6 Å². The molecule has 3 aromatic rings. The van der Waals surface area contributed by atoms with E-state index in [1.807, 2.05) is 12.1 Å². The van der Waals surface area contributed by atoms with Crippen LogP contribution in [0.25, 0.3) is 10.9 Å². The Bertz CT molecular complexity index is 1000. The number of anilines is 3. The topological polar surface area (TPSA) is 146 Å². The van der Waals surface area contributed by atoms with Crippen molar-refractivity contribution >= 4 is 39.9 Å². The van der Waals surface area contributed by atoms with E-state index in [-0.39, 0.29) is 11.5 Å². The number of aromatic amines is 1. The van der Waals surface area contributed by atoms with Crippen molar-refractivity contribution in [2.75, 3.05) is 17.7 Å². The van der Waals surface area contributed by atoms with Gasteiger partial charge in [0.05, 0.1) is 16.6 Å². The molecule has 28 heavy (non-hydrogen) atoms. The molecule has 0 fully saturated rings. The zero-order valence-corrected chi connectivity index (χ0v) is 14.1. The lowest BCUT2D eigenvalue weighted by Gasteiger charge is -2.08. The third kappa shape index (κ3) is 5.06. The first-order valence-electron chi connectivity index (χ1n) is 7.45. The summed E-state index contributed by atoms with van der Waals surface area (Å²) in [5, 5.41) is 31.7. The molecule has 2 heterocycles. The number of hydrogen-bond acceptors (Lipinski definition) is 7. The molecular formula is C15H13F3N6O4. The monoisotopic (exact) mass is 398 g/mol. The highest BCUT2D eigenvalue weighted by Gasteiger charge is 2.38. The molecule has 3 rings (SSSR count). The number of nitrogens with zero attached hydrogens (tertiary/aromatic N) is 3. The zero-order valence-electron chi connectivity index (χ0n) is 14.1. The van der Waals surface area contributed by atoms with E-state index in [4.69, 9.17) is 9.90 Å². The Hall–Kier alpha value is -3.90. The molecule has 0 aliphatic heterocycles. The number of benzene rings is 1. The zero-order chi connectivity index (χ0) is 20.9. The predicted molar refractivity (Wildman–Crippen MR) is 93.5 cm³/mol. The van der Waals surface area contributed by atoms with Crippen molar-refractivity contribution in [2.24, 2.45) is 0 Å².